The second kappa shape index (κ2) is 11.0. The van der Waals surface area contributed by atoms with Gasteiger partial charge >= 0.3 is 0 Å². The molecule has 0 aliphatic rings. The van der Waals surface area contributed by atoms with Gasteiger partial charge in [-0.1, -0.05) is 103 Å². The summed E-state index contributed by atoms with van der Waals surface area (Å²) in [5.74, 6) is 0.267. The topological polar surface area (TPSA) is 25.8 Å². The molecule has 0 saturated heterocycles. The Balaban J connectivity index is 1.28. The molecule has 0 atom stereocenters. The summed E-state index contributed by atoms with van der Waals surface area (Å²) in [6, 6.07) is 50.8. The van der Waals surface area contributed by atoms with Gasteiger partial charge in [0.15, 0.2) is 5.82 Å². The number of benzene rings is 6. The van der Waals surface area contributed by atoms with E-state index in [-0.39, 0.29) is 5.82 Å². The molecule has 0 aliphatic heterocycles. The molecule has 8 rings (SSSR count). The minimum Gasteiger partial charge on any atom is -0.228 e. The van der Waals surface area contributed by atoms with Crippen LogP contribution in [0.2, 0.25) is 0 Å². The predicted molar refractivity (Wildman–Crippen MR) is 182 cm³/mol. The van der Waals surface area contributed by atoms with Gasteiger partial charge < -0.3 is 0 Å². The zero-order valence-corrected chi connectivity index (χ0v) is 24.4. The average molecular weight is 585 g/mol. The van der Waals surface area contributed by atoms with Crippen molar-refractivity contribution < 1.29 is 4.39 Å². The normalized spacial score (nSPS) is 11.3. The predicted octanol–water partition coefficient (Wildman–Crippen LogP) is 11.3. The van der Waals surface area contributed by atoms with Crippen molar-refractivity contribution in [3.63, 3.8) is 0 Å². The summed E-state index contributed by atoms with van der Waals surface area (Å²) in [7, 11) is 0. The van der Waals surface area contributed by atoms with Crippen molar-refractivity contribution in [2.75, 3.05) is 0 Å². The SMILES string of the molecule is Fc1ccc(-c2nc(-c3cccc(-c4ccccc4)c3)cc(-c3cccc(-c4cccc5c4sc4ccccc45)c3)n2)cc1. The third kappa shape index (κ3) is 4.85. The zero-order valence-electron chi connectivity index (χ0n) is 23.6. The third-order valence-electron chi connectivity index (χ3n) is 7.97. The maximum atomic E-state index is 13.8. The lowest BCUT2D eigenvalue weighted by Crippen LogP contribution is -1.96. The minimum atomic E-state index is -0.288. The molecule has 0 amide bonds. The lowest BCUT2D eigenvalue weighted by Gasteiger charge is -2.12. The summed E-state index contributed by atoms with van der Waals surface area (Å²) in [5.41, 5.74) is 8.96. The molecule has 4 heteroatoms. The van der Waals surface area contributed by atoms with Crippen LogP contribution in [0.15, 0.2) is 152 Å². The molecule has 0 saturated carbocycles. The number of hydrogen-bond acceptors (Lipinski definition) is 3. The molecule has 0 fully saturated rings. The molecular formula is C40H25FN2S. The highest BCUT2D eigenvalue weighted by molar-refractivity contribution is 7.26. The molecule has 0 radical (unpaired) electrons. The van der Waals surface area contributed by atoms with E-state index >= 15 is 0 Å². The van der Waals surface area contributed by atoms with E-state index in [1.807, 2.05) is 29.5 Å². The fourth-order valence-corrected chi connectivity index (χ4v) is 7.02. The second-order valence-electron chi connectivity index (χ2n) is 10.8. The summed E-state index contributed by atoms with van der Waals surface area (Å²) >= 11 is 1.83. The monoisotopic (exact) mass is 584 g/mol. The molecule has 0 unspecified atom stereocenters. The smallest absolute Gasteiger partial charge is 0.160 e. The fourth-order valence-electron chi connectivity index (χ4n) is 5.78. The van der Waals surface area contributed by atoms with Crippen molar-refractivity contribution in [3.8, 4) is 56.2 Å². The number of rotatable bonds is 5. The van der Waals surface area contributed by atoms with Crippen molar-refractivity contribution in [2.45, 2.75) is 0 Å². The standard InChI is InChI=1S/C40H25FN2S/c41-32-21-19-27(20-22-32)40-42-36(30-13-6-11-28(23-30)26-9-2-1-3-10-26)25-37(43-40)31-14-7-12-29(24-31)33-16-8-17-35-34-15-4-5-18-38(34)44-39(33)35/h1-25H. The van der Waals surface area contributed by atoms with Gasteiger partial charge in [-0.2, -0.15) is 0 Å². The molecule has 2 nitrogen and oxygen atoms in total. The Morgan fingerprint density at radius 1 is 0.432 bits per heavy atom. The number of hydrogen-bond donors (Lipinski definition) is 0. The first kappa shape index (κ1) is 26.2. The van der Waals surface area contributed by atoms with Gasteiger partial charge in [0.25, 0.3) is 0 Å². The first-order valence-electron chi connectivity index (χ1n) is 14.5. The summed E-state index contributed by atoms with van der Waals surface area (Å²) in [5, 5.41) is 2.56. The average Bonchev–Trinajstić information content (AvgIpc) is 3.48. The van der Waals surface area contributed by atoms with E-state index in [9.17, 15) is 4.39 Å². The number of fused-ring (bicyclic) bond motifs is 3. The van der Waals surface area contributed by atoms with Crippen LogP contribution in [0.5, 0.6) is 0 Å². The zero-order chi connectivity index (χ0) is 29.5. The number of nitrogens with zero attached hydrogens (tertiary/aromatic N) is 2. The summed E-state index contributed by atoms with van der Waals surface area (Å²) in [6.45, 7) is 0. The molecule has 0 aliphatic carbocycles. The van der Waals surface area contributed by atoms with E-state index in [0.29, 0.717) is 5.82 Å². The van der Waals surface area contributed by atoms with E-state index in [1.165, 1.54) is 37.9 Å². The molecule has 8 aromatic rings. The van der Waals surface area contributed by atoms with Gasteiger partial charge in [-0.3, -0.25) is 0 Å². The lowest BCUT2D eigenvalue weighted by molar-refractivity contribution is 0.628. The van der Waals surface area contributed by atoms with Gasteiger partial charge in [-0.05, 0) is 70.8 Å². The highest BCUT2D eigenvalue weighted by Crippen LogP contribution is 2.40. The van der Waals surface area contributed by atoms with Crippen molar-refractivity contribution >= 4 is 31.5 Å². The summed E-state index contributed by atoms with van der Waals surface area (Å²) in [6.07, 6.45) is 0. The maximum absolute atomic E-state index is 13.8. The molecule has 2 aromatic heterocycles. The second-order valence-corrected chi connectivity index (χ2v) is 11.8. The molecular weight excluding hydrogens is 560 g/mol. The minimum absolute atomic E-state index is 0.288. The largest absolute Gasteiger partial charge is 0.228 e. The Morgan fingerprint density at radius 3 is 1.80 bits per heavy atom. The van der Waals surface area contributed by atoms with Crippen molar-refractivity contribution in [1.82, 2.24) is 9.97 Å². The Kier molecular flexibility index (Phi) is 6.55. The van der Waals surface area contributed by atoms with Gasteiger partial charge in [0.2, 0.25) is 0 Å². The van der Waals surface area contributed by atoms with Crippen LogP contribution in [0.25, 0.3) is 76.3 Å². The Hall–Kier alpha value is -5.45. The summed E-state index contributed by atoms with van der Waals surface area (Å²) < 4.78 is 16.4. The van der Waals surface area contributed by atoms with Gasteiger partial charge in [-0.15, -0.1) is 11.3 Å². The van der Waals surface area contributed by atoms with Crippen LogP contribution in [0.3, 0.4) is 0 Å². The van der Waals surface area contributed by atoms with E-state index in [4.69, 9.17) is 9.97 Å². The number of thiophene rings is 1. The van der Waals surface area contributed by atoms with E-state index in [1.54, 1.807) is 12.1 Å². The molecule has 44 heavy (non-hydrogen) atoms. The van der Waals surface area contributed by atoms with Gasteiger partial charge in [0.05, 0.1) is 11.4 Å². The maximum Gasteiger partial charge on any atom is 0.160 e. The molecule has 0 N–H and O–H groups in total. The van der Waals surface area contributed by atoms with E-state index in [0.717, 1.165) is 44.8 Å². The Labute approximate surface area is 258 Å². The highest BCUT2D eigenvalue weighted by Gasteiger charge is 2.14. The van der Waals surface area contributed by atoms with Gasteiger partial charge in [0.1, 0.15) is 5.82 Å². The highest BCUT2D eigenvalue weighted by atomic mass is 32.1. The third-order valence-corrected chi connectivity index (χ3v) is 9.19. The summed E-state index contributed by atoms with van der Waals surface area (Å²) in [4.78, 5) is 9.99. The molecule has 6 aromatic carbocycles. The van der Waals surface area contributed by atoms with Crippen molar-refractivity contribution in [2.24, 2.45) is 0 Å². The van der Waals surface area contributed by atoms with Crippen LogP contribution >= 0.6 is 11.3 Å². The van der Waals surface area contributed by atoms with Crippen molar-refractivity contribution in [3.05, 3.63) is 157 Å². The van der Waals surface area contributed by atoms with Crippen LogP contribution in [-0.2, 0) is 0 Å². The van der Waals surface area contributed by atoms with Crippen LogP contribution in [0.1, 0.15) is 0 Å². The number of aromatic nitrogens is 2. The van der Waals surface area contributed by atoms with Gasteiger partial charge in [-0.25, -0.2) is 14.4 Å². The Morgan fingerprint density at radius 2 is 1.02 bits per heavy atom. The molecule has 208 valence electrons. The first-order chi connectivity index (χ1) is 21.7. The fraction of sp³-hybridized carbons (Fsp3) is 0. The van der Waals surface area contributed by atoms with Crippen LogP contribution in [0.4, 0.5) is 4.39 Å². The first-order valence-corrected chi connectivity index (χ1v) is 15.3. The lowest BCUT2D eigenvalue weighted by atomic mass is 9.98. The molecule has 0 spiro atoms. The van der Waals surface area contributed by atoms with E-state index in [2.05, 4.69) is 109 Å². The Bertz CT molecular complexity index is 2290. The molecule has 2 heterocycles. The van der Waals surface area contributed by atoms with Crippen molar-refractivity contribution in [1.29, 1.82) is 0 Å². The van der Waals surface area contributed by atoms with Crippen LogP contribution < -0.4 is 0 Å². The van der Waals surface area contributed by atoms with Crippen LogP contribution in [-0.4, -0.2) is 9.97 Å². The quantitative estimate of drug-likeness (QED) is 0.201. The number of halogens is 1. The van der Waals surface area contributed by atoms with E-state index < -0.39 is 0 Å². The van der Waals surface area contributed by atoms with Gasteiger partial charge in [0, 0.05) is 36.9 Å². The van der Waals surface area contributed by atoms with Crippen LogP contribution in [0, 0.1) is 5.82 Å². The molecule has 0 bridgehead atoms.